The molecule has 2 aromatic carbocycles. The Morgan fingerprint density at radius 2 is 1.64 bits per heavy atom. The van der Waals surface area contributed by atoms with Crippen molar-refractivity contribution < 1.29 is 22.8 Å². The summed E-state index contributed by atoms with van der Waals surface area (Å²) in [5.74, 6) is -1.28. The van der Waals surface area contributed by atoms with Crippen molar-refractivity contribution >= 4 is 33.4 Å². The van der Waals surface area contributed by atoms with E-state index in [1.165, 1.54) is 19.2 Å². The Morgan fingerprint density at radius 3 is 2.21 bits per heavy atom. The van der Waals surface area contributed by atoms with Crippen molar-refractivity contribution in [3.8, 4) is 0 Å². The molecule has 0 saturated heterocycles. The molecule has 8 nitrogen and oxygen atoms in total. The number of carbonyl (C=O) groups is 3. The van der Waals surface area contributed by atoms with E-state index in [1.807, 2.05) is 0 Å². The lowest BCUT2D eigenvalue weighted by atomic mass is 10.1. The normalized spacial score (nSPS) is 13.6. The van der Waals surface area contributed by atoms with E-state index in [9.17, 15) is 22.8 Å². The number of nitrogens with one attached hydrogen (secondary N) is 2. The molecular weight excluding hydrogens is 382 g/mol. The lowest BCUT2D eigenvalue weighted by Crippen LogP contribution is -2.33. The van der Waals surface area contributed by atoms with Gasteiger partial charge in [0.15, 0.2) is 0 Å². The smallest absolute Gasteiger partial charge is 0.261 e. The van der Waals surface area contributed by atoms with Crippen molar-refractivity contribution in [2.75, 3.05) is 18.9 Å². The van der Waals surface area contributed by atoms with E-state index >= 15 is 0 Å². The molecule has 0 atom stereocenters. The zero-order chi connectivity index (χ0) is 20.5. The highest BCUT2D eigenvalue weighted by atomic mass is 32.2. The molecular formula is C19H19N3O5S. The quantitative estimate of drug-likeness (QED) is 0.713. The monoisotopic (exact) mass is 401 g/mol. The van der Waals surface area contributed by atoms with Gasteiger partial charge in [0.05, 0.1) is 16.0 Å². The van der Waals surface area contributed by atoms with Crippen LogP contribution in [-0.2, 0) is 14.8 Å². The summed E-state index contributed by atoms with van der Waals surface area (Å²) in [6, 6.07) is 10.9. The van der Waals surface area contributed by atoms with Gasteiger partial charge in [-0.25, -0.2) is 13.1 Å². The summed E-state index contributed by atoms with van der Waals surface area (Å²) in [7, 11) is -2.34. The number of fused-ring (bicyclic) bond motifs is 1. The van der Waals surface area contributed by atoms with Crippen molar-refractivity contribution in [1.82, 2.24) is 9.62 Å². The highest BCUT2D eigenvalue weighted by molar-refractivity contribution is 7.89. The Hall–Kier alpha value is -3.04. The first-order valence-electron chi connectivity index (χ1n) is 8.54. The van der Waals surface area contributed by atoms with Crippen molar-refractivity contribution in [1.29, 1.82) is 0 Å². The van der Waals surface area contributed by atoms with Crippen molar-refractivity contribution in [2.45, 2.75) is 18.2 Å². The fourth-order valence-corrected chi connectivity index (χ4v) is 3.64. The topological polar surface area (TPSA) is 113 Å². The number of aryl methyl sites for hydroxylation is 1. The molecule has 0 bridgehead atoms. The van der Waals surface area contributed by atoms with Crippen LogP contribution in [0.2, 0.25) is 0 Å². The second-order valence-electron chi connectivity index (χ2n) is 6.29. The van der Waals surface area contributed by atoms with Gasteiger partial charge in [-0.15, -0.1) is 0 Å². The molecule has 0 aromatic heterocycles. The van der Waals surface area contributed by atoms with Crippen molar-refractivity contribution in [3.05, 3.63) is 59.2 Å². The number of rotatable bonds is 6. The first-order chi connectivity index (χ1) is 13.2. The molecule has 28 heavy (non-hydrogen) atoms. The zero-order valence-electron chi connectivity index (χ0n) is 15.4. The Morgan fingerprint density at radius 1 is 1.04 bits per heavy atom. The second kappa shape index (κ2) is 7.53. The summed E-state index contributed by atoms with van der Waals surface area (Å²) >= 11 is 0. The third-order valence-electron chi connectivity index (χ3n) is 4.50. The van der Waals surface area contributed by atoms with Gasteiger partial charge in [0.2, 0.25) is 15.9 Å². The van der Waals surface area contributed by atoms with Gasteiger partial charge in [0, 0.05) is 18.7 Å². The lowest BCUT2D eigenvalue weighted by Gasteiger charge is -2.14. The third-order valence-corrected chi connectivity index (χ3v) is 5.91. The minimum Gasteiger partial charge on any atom is -0.326 e. The maximum Gasteiger partial charge on any atom is 0.261 e. The number of nitrogens with zero attached hydrogens (tertiary/aromatic N) is 1. The average molecular weight is 401 g/mol. The molecule has 2 aromatic rings. The van der Waals surface area contributed by atoms with Crippen molar-refractivity contribution in [3.63, 3.8) is 0 Å². The van der Waals surface area contributed by atoms with Gasteiger partial charge in [-0.1, -0.05) is 18.2 Å². The van der Waals surface area contributed by atoms with E-state index in [0.29, 0.717) is 22.4 Å². The van der Waals surface area contributed by atoms with Crippen LogP contribution in [0.15, 0.2) is 47.4 Å². The van der Waals surface area contributed by atoms with Crippen LogP contribution in [0.3, 0.4) is 0 Å². The van der Waals surface area contributed by atoms with E-state index in [1.54, 1.807) is 37.3 Å². The van der Waals surface area contributed by atoms with Crippen LogP contribution in [0.5, 0.6) is 0 Å². The van der Waals surface area contributed by atoms with Gasteiger partial charge >= 0.3 is 0 Å². The molecule has 0 fully saturated rings. The van der Waals surface area contributed by atoms with E-state index in [0.717, 1.165) is 4.90 Å². The summed E-state index contributed by atoms with van der Waals surface area (Å²) in [5.41, 5.74) is 1.69. The molecule has 0 saturated carbocycles. The summed E-state index contributed by atoms with van der Waals surface area (Å²) in [6.45, 7) is 1.67. The van der Waals surface area contributed by atoms with Crippen molar-refractivity contribution in [2.24, 2.45) is 0 Å². The minimum atomic E-state index is -3.64. The van der Waals surface area contributed by atoms with Gasteiger partial charge < -0.3 is 5.32 Å². The molecule has 9 heteroatoms. The van der Waals surface area contributed by atoms with Gasteiger partial charge in [0.1, 0.15) is 0 Å². The number of hydrogen-bond donors (Lipinski definition) is 2. The van der Waals surface area contributed by atoms with E-state index in [2.05, 4.69) is 10.0 Å². The molecule has 3 amide bonds. The SMILES string of the molecule is CNS(=O)(=O)c1ccc(C)c(NC(=O)CCN2C(=O)c3ccccc3C2=O)c1. The maximum absolute atomic E-state index is 12.3. The summed E-state index contributed by atoms with van der Waals surface area (Å²) in [4.78, 5) is 38.0. The van der Waals surface area contributed by atoms with E-state index in [4.69, 9.17) is 0 Å². The van der Waals surface area contributed by atoms with Gasteiger partial charge in [0.25, 0.3) is 11.8 Å². The molecule has 0 radical (unpaired) electrons. The number of benzene rings is 2. The van der Waals surface area contributed by atoms with Crippen LogP contribution in [-0.4, -0.2) is 44.6 Å². The molecule has 1 aliphatic rings. The number of carbonyl (C=O) groups excluding carboxylic acids is 3. The molecule has 146 valence electrons. The van der Waals surface area contributed by atoms with Crippen LogP contribution in [0.1, 0.15) is 32.7 Å². The maximum atomic E-state index is 12.3. The number of hydrogen-bond acceptors (Lipinski definition) is 5. The zero-order valence-corrected chi connectivity index (χ0v) is 16.2. The molecule has 2 N–H and O–H groups in total. The first kappa shape index (κ1) is 19.7. The molecule has 1 aliphatic heterocycles. The summed E-state index contributed by atoms with van der Waals surface area (Å²) < 4.78 is 26.1. The molecule has 0 aliphatic carbocycles. The number of imide groups is 1. The highest BCUT2D eigenvalue weighted by Crippen LogP contribution is 2.23. The number of sulfonamides is 1. The largest absolute Gasteiger partial charge is 0.326 e. The second-order valence-corrected chi connectivity index (χ2v) is 8.18. The fraction of sp³-hybridized carbons (Fsp3) is 0.211. The molecule has 3 rings (SSSR count). The summed E-state index contributed by atoms with van der Waals surface area (Å²) in [6.07, 6.45) is -0.103. The average Bonchev–Trinajstić information content (AvgIpc) is 2.92. The number of anilines is 1. The Labute approximate surface area is 162 Å². The Bertz CT molecular complexity index is 1040. The predicted octanol–water partition coefficient (Wildman–Crippen LogP) is 1.53. The lowest BCUT2D eigenvalue weighted by molar-refractivity contribution is -0.116. The van der Waals surface area contributed by atoms with Gasteiger partial charge in [-0.05, 0) is 43.8 Å². The number of amides is 3. The third kappa shape index (κ3) is 3.67. The highest BCUT2D eigenvalue weighted by Gasteiger charge is 2.34. The van der Waals surface area contributed by atoms with Crippen LogP contribution in [0.25, 0.3) is 0 Å². The van der Waals surface area contributed by atoms with E-state index in [-0.39, 0.29) is 17.9 Å². The standard InChI is InChI=1S/C19H19N3O5S/c1-12-7-8-13(28(26,27)20-2)11-16(12)21-17(23)9-10-22-18(24)14-5-3-4-6-15(14)19(22)25/h3-8,11,20H,9-10H2,1-2H3,(H,21,23). The Kier molecular flexibility index (Phi) is 5.30. The summed E-state index contributed by atoms with van der Waals surface area (Å²) in [5, 5.41) is 2.64. The molecule has 1 heterocycles. The van der Waals surface area contributed by atoms with Gasteiger partial charge in [-0.2, -0.15) is 0 Å². The minimum absolute atomic E-state index is 0.0243. The van der Waals surface area contributed by atoms with Crippen LogP contribution in [0.4, 0.5) is 5.69 Å². The van der Waals surface area contributed by atoms with Gasteiger partial charge in [-0.3, -0.25) is 19.3 Å². The van der Waals surface area contributed by atoms with Crippen LogP contribution < -0.4 is 10.0 Å². The first-order valence-corrected chi connectivity index (χ1v) is 10.0. The molecule has 0 unspecified atom stereocenters. The van der Waals surface area contributed by atoms with Crippen LogP contribution >= 0.6 is 0 Å². The Balaban J connectivity index is 1.68. The molecule has 0 spiro atoms. The predicted molar refractivity (Wildman–Crippen MR) is 102 cm³/mol. The fourth-order valence-electron chi connectivity index (χ4n) is 2.89. The van der Waals surface area contributed by atoms with Crippen LogP contribution in [0, 0.1) is 6.92 Å². The van der Waals surface area contributed by atoms with E-state index < -0.39 is 27.7 Å².